The summed E-state index contributed by atoms with van der Waals surface area (Å²) in [7, 11) is 0. The maximum absolute atomic E-state index is 12.7. The highest BCUT2D eigenvalue weighted by atomic mass is 79.9. The van der Waals surface area contributed by atoms with E-state index in [4.69, 9.17) is 0 Å². The van der Waals surface area contributed by atoms with Gasteiger partial charge in [-0.2, -0.15) is 0 Å². The molecule has 128 valence electrons. The van der Waals surface area contributed by atoms with Gasteiger partial charge in [0.1, 0.15) is 11.3 Å². The second-order valence-electron chi connectivity index (χ2n) is 5.73. The lowest BCUT2D eigenvalue weighted by Crippen LogP contribution is -2.29. The molecule has 0 unspecified atom stereocenters. The van der Waals surface area contributed by atoms with Gasteiger partial charge in [0.2, 0.25) is 0 Å². The number of amides is 1. The molecule has 6 heteroatoms. The summed E-state index contributed by atoms with van der Waals surface area (Å²) in [5, 5.41) is 13.7. The Labute approximate surface area is 153 Å². The number of benzene rings is 2. The zero-order valence-corrected chi connectivity index (χ0v) is 15.4. The number of carbonyl (C=O) groups is 1. The van der Waals surface area contributed by atoms with E-state index in [0.717, 1.165) is 5.56 Å². The fourth-order valence-corrected chi connectivity index (χ4v) is 3.41. The Morgan fingerprint density at radius 3 is 2.64 bits per heavy atom. The van der Waals surface area contributed by atoms with Gasteiger partial charge in [-0.15, -0.1) is 0 Å². The maximum Gasteiger partial charge on any atom is 0.267 e. The van der Waals surface area contributed by atoms with E-state index in [0.29, 0.717) is 27.6 Å². The highest BCUT2D eigenvalue weighted by Gasteiger charge is 2.22. The Hall–Kier alpha value is -2.60. The van der Waals surface area contributed by atoms with Crippen molar-refractivity contribution in [1.29, 1.82) is 0 Å². The van der Waals surface area contributed by atoms with E-state index in [9.17, 15) is 14.7 Å². The number of nitrogens with zero attached hydrogens (tertiary/aromatic N) is 1. The first-order chi connectivity index (χ1) is 11.9. The van der Waals surface area contributed by atoms with E-state index < -0.39 is 11.5 Å². The number of aromatic hydroxyl groups is 1. The summed E-state index contributed by atoms with van der Waals surface area (Å²) in [4.78, 5) is 25.4. The second-order valence-corrected chi connectivity index (χ2v) is 6.58. The lowest BCUT2D eigenvalue weighted by Gasteiger charge is -2.14. The summed E-state index contributed by atoms with van der Waals surface area (Å²) in [5.74, 6) is -0.939. The normalized spacial score (nSPS) is 10.8. The van der Waals surface area contributed by atoms with Crippen molar-refractivity contribution in [1.82, 2.24) is 4.57 Å². The van der Waals surface area contributed by atoms with E-state index in [2.05, 4.69) is 21.2 Å². The van der Waals surface area contributed by atoms with E-state index in [1.807, 2.05) is 26.0 Å². The minimum Gasteiger partial charge on any atom is -0.506 e. The van der Waals surface area contributed by atoms with Gasteiger partial charge in [0.05, 0.1) is 11.2 Å². The molecule has 2 aromatic carbocycles. The zero-order chi connectivity index (χ0) is 18.1. The number of anilines is 1. The van der Waals surface area contributed by atoms with Gasteiger partial charge in [-0.25, -0.2) is 0 Å². The molecule has 0 bridgehead atoms. The fraction of sp³-hybridized carbons (Fsp3) is 0.158. The van der Waals surface area contributed by atoms with Crippen LogP contribution in [0.4, 0.5) is 5.69 Å². The first-order valence-electron chi connectivity index (χ1n) is 7.86. The molecule has 1 aromatic heterocycles. The molecule has 0 aliphatic rings. The van der Waals surface area contributed by atoms with Gasteiger partial charge in [0.15, 0.2) is 0 Å². The van der Waals surface area contributed by atoms with Crippen LogP contribution in [0.25, 0.3) is 10.9 Å². The molecule has 0 atom stereocenters. The third kappa shape index (κ3) is 3.05. The molecule has 1 heterocycles. The van der Waals surface area contributed by atoms with Crippen molar-refractivity contribution in [2.45, 2.75) is 20.4 Å². The molecule has 0 radical (unpaired) electrons. The molecule has 0 fully saturated rings. The SMILES string of the molecule is CCn1c(=O)c(C(=O)Nc2ccc(C)cc2Br)c(O)c2ccccc21. The van der Waals surface area contributed by atoms with Crippen LogP contribution >= 0.6 is 15.9 Å². The number of hydrogen-bond acceptors (Lipinski definition) is 3. The standard InChI is InChI=1S/C19H17BrN2O3/c1-3-22-15-7-5-4-6-12(15)17(23)16(19(22)25)18(24)21-14-9-8-11(2)10-13(14)20/h4-10,23H,3H2,1-2H3,(H,21,24). The van der Waals surface area contributed by atoms with Gasteiger partial charge in [-0.1, -0.05) is 18.2 Å². The van der Waals surface area contributed by atoms with Crippen molar-refractivity contribution in [2.24, 2.45) is 0 Å². The highest BCUT2D eigenvalue weighted by molar-refractivity contribution is 9.10. The zero-order valence-electron chi connectivity index (χ0n) is 13.8. The van der Waals surface area contributed by atoms with Gasteiger partial charge >= 0.3 is 0 Å². The van der Waals surface area contributed by atoms with Crippen LogP contribution in [0.1, 0.15) is 22.8 Å². The number of carbonyl (C=O) groups excluding carboxylic acids is 1. The fourth-order valence-electron chi connectivity index (χ4n) is 2.81. The van der Waals surface area contributed by atoms with Gasteiger partial charge in [-0.3, -0.25) is 9.59 Å². The third-order valence-corrected chi connectivity index (χ3v) is 4.72. The Kier molecular flexibility index (Phi) is 4.63. The minimum absolute atomic E-state index is 0.256. The number of halogens is 1. The summed E-state index contributed by atoms with van der Waals surface area (Å²) in [6, 6.07) is 12.4. The van der Waals surface area contributed by atoms with Crippen molar-refractivity contribution in [3.63, 3.8) is 0 Å². The molecular formula is C19H17BrN2O3. The van der Waals surface area contributed by atoms with Crippen molar-refractivity contribution in [2.75, 3.05) is 5.32 Å². The molecule has 0 spiro atoms. The van der Waals surface area contributed by atoms with Crippen LogP contribution < -0.4 is 10.9 Å². The summed E-state index contributed by atoms with van der Waals surface area (Å²) in [6.45, 7) is 4.16. The molecular weight excluding hydrogens is 384 g/mol. The van der Waals surface area contributed by atoms with Gasteiger partial charge < -0.3 is 15.0 Å². The van der Waals surface area contributed by atoms with E-state index >= 15 is 0 Å². The monoisotopic (exact) mass is 400 g/mol. The van der Waals surface area contributed by atoms with Crippen molar-refractivity contribution in [3.8, 4) is 5.75 Å². The smallest absolute Gasteiger partial charge is 0.267 e. The van der Waals surface area contributed by atoms with Crippen LogP contribution in [0.3, 0.4) is 0 Å². The molecule has 0 aliphatic carbocycles. The highest BCUT2D eigenvalue weighted by Crippen LogP contribution is 2.28. The molecule has 0 saturated carbocycles. The molecule has 25 heavy (non-hydrogen) atoms. The Morgan fingerprint density at radius 2 is 1.96 bits per heavy atom. The lowest BCUT2D eigenvalue weighted by atomic mass is 10.1. The summed E-state index contributed by atoms with van der Waals surface area (Å²) in [6.07, 6.45) is 0. The van der Waals surface area contributed by atoms with Gasteiger partial charge in [0.25, 0.3) is 11.5 Å². The van der Waals surface area contributed by atoms with Crippen molar-refractivity contribution < 1.29 is 9.90 Å². The largest absolute Gasteiger partial charge is 0.506 e. The molecule has 2 N–H and O–H groups in total. The number of fused-ring (bicyclic) bond motifs is 1. The average molecular weight is 401 g/mol. The van der Waals surface area contributed by atoms with Crippen LogP contribution in [0.5, 0.6) is 5.75 Å². The van der Waals surface area contributed by atoms with E-state index in [1.165, 1.54) is 4.57 Å². The Balaban J connectivity index is 2.15. The topological polar surface area (TPSA) is 71.3 Å². The molecule has 3 rings (SSSR count). The third-order valence-electron chi connectivity index (χ3n) is 4.06. The number of rotatable bonds is 3. The van der Waals surface area contributed by atoms with Crippen LogP contribution in [0, 0.1) is 6.92 Å². The molecule has 5 nitrogen and oxygen atoms in total. The predicted octanol–water partition coefficient (Wildman–Crippen LogP) is 4.05. The van der Waals surface area contributed by atoms with E-state index in [1.54, 1.807) is 30.3 Å². The number of nitrogens with one attached hydrogen (secondary N) is 1. The number of aryl methyl sites for hydroxylation is 2. The first-order valence-corrected chi connectivity index (χ1v) is 8.65. The summed E-state index contributed by atoms with van der Waals surface area (Å²) in [5.41, 5.74) is 1.39. The van der Waals surface area contributed by atoms with Crippen molar-refractivity contribution >= 4 is 38.4 Å². The van der Waals surface area contributed by atoms with Gasteiger partial charge in [-0.05, 0) is 59.6 Å². The van der Waals surface area contributed by atoms with Crippen molar-refractivity contribution in [3.05, 3.63) is 68.4 Å². The summed E-state index contributed by atoms with van der Waals surface area (Å²) < 4.78 is 2.19. The number of pyridine rings is 1. The quantitative estimate of drug-likeness (QED) is 0.696. The Morgan fingerprint density at radius 1 is 1.24 bits per heavy atom. The van der Waals surface area contributed by atoms with Crippen LogP contribution in [-0.4, -0.2) is 15.6 Å². The van der Waals surface area contributed by atoms with E-state index in [-0.39, 0.29) is 11.3 Å². The minimum atomic E-state index is -0.639. The molecule has 1 amide bonds. The maximum atomic E-state index is 12.7. The van der Waals surface area contributed by atoms with Crippen LogP contribution in [-0.2, 0) is 6.54 Å². The molecule has 3 aromatic rings. The Bertz CT molecular complexity index is 1040. The number of aromatic nitrogens is 1. The first kappa shape index (κ1) is 17.2. The van der Waals surface area contributed by atoms with Crippen LogP contribution in [0.15, 0.2) is 51.7 Å². The predicted molar refractivity (Wildman–Crippen MR) is 102 cm³/mol. The van der Waals surface area contributed by atoms with Gasteiger partial charge in [0, 0.05) is 16.4 Å². The second kappa shape index (κ2) is 6.72. The molecule has 0 saturated heterocycles. The molecule has 0 aliphatic heterocycles. The average Bonchev–Trinajstić information content (AvgIpc) is 2.58. The summed E-state index contributed by atoms with van der Waals surface area (Å²) >= 11 is 3.39. The number of hydrogen-bond donors (Lipinski definition) is 2. The van der Waals surface area contributed by atoms with Crippen LogP contribution in [0.2, 0.25) is 0 Å². The number of para-hydroxylation sites is 1. The lowest BCUT2D eigenvalue weighted by molar-refractivity contribution is 0.102.